The number of carboxylic acid groups (broad SMARTS) is 1. The maximum Gasteiger partial charge on any atom is 0.303 e. The fourth-order valence-corrected chi connectivity index (χ4v) is 6.78. The topological polar surface area (TPSA) is 115 Å². The normalized spacial score (nSPS) is 21.8. The molecule has 3 aromatic rings. The molecule has 12 heteroatoms. The van der Waals surface area contributed by atoms with Crippen LogP contribution in [-0.2, 0) is 11.3 Å². The number of aromatic nitrogens is 3. The second kappa shape index (κ2) is 12.7. The van der Waals surface area contributed by atoms with Crippen molar-refractivity contribution in [1.82, 2.24) is 24.8 Å². The van der Waals surface area contributed by atoms with Crippen molar-refractivity contribution in [2.45, 2.75) is 44.4 Å². The van der Waals surface area contributed by atoms with E-state index in [4.69, 9.17) is 38.0 Å². The van der Waals surface area contributed by atoms with Gasteiger partial charge in [-0.05, 0) is 68.1 Å². The van der Waals surface area contributed by atoms with E-state index in [9.17, 15) is 9.90 Å². The zero-order chi connectivity index (χ0) is 29.2. The number of piperidine rings is 1. The first-order chi connectivity index (χ1) is 20.3. The number of aliphatic hydroxyl groups excluding tert-OH is 1. The number of anilines is 1. The third-order valence-corrected chi connectivity index (χ3v) is 8.75. The summed E-state index contributed by atoms with van der Waals surface area (Å²) in [5.74, 6) is 1.01. The summed E-state index contributed by atoms with van der Waals surface area (Å²) in [6.07, 6.45) is 5.79. The molecule has 1 aromatic carbocycles. The minimum atomic E-state index is -0.734. The molecule has 0 radical (unpaired) electrons. The van der Waals surface area contributed by atoms with Gasteiger partial charge in [-0.15, -0.1) is 0 Å². The Hall–Kier alpha value is -3.02. The maximum absolute atomic E-state index is 11.1. The Morgan fingerprint density at radius 1 is 0.976 bits per heavy atom. The first-order valence-corrected chi connectivity index (χ1v) is 15.1. The number of carbonyl (C=O) groups is 1. The minimum Gasteiger partial charge on any atom is -0.481 e. The number of hydrogen-bond donors (Lipinski definition) is 2. The average Bonchev–Trinajstić information content (AvgIpc) is 3.33. The smallest absolute Gasteiger partial charge is 0.303 e. The number of pyridine rings is 1. The lowest BCUT2D eigenvalue weighted by atomic mass is 9.93. The van der Waals surface area contributed by atoms with E-state index in [-0.39, 0.29) is 18.4 Å². The van der Waals surface area contributed by atoms with Gasteiger partial charge in [-0.25, -0.2) is 15.0 Å². The summed E-state index contributed by atoms with van der Waals surface area (Å²) in [6.45, 7) is 5.57. The lowest BCUT2D eigenvalue weighted by molar-refractivity contribution is -0.138. The predicted molar refractivity (Wildman–Crippen MR) is 160 cm³/mol. The summed E-state index contributed by atoms with van der Waals surface area (Å²) in [5, 5.41) is 20.2. The second-order valence-electron chi connectivity index (χ2n) is 11.5. The number of hydrogen-bond acceptors (Lipinski definition) is 9. The number of rotatable bonds is 8. The molecule has 222 valence electrons. The minimum absolute atomic E-state index is 0.218. The van der Waals surface area contributed by atoms with Gasteiger partial charge in [-0.3, -0.25) is 14.6 Å². The van der Waals surface area contributed by atoms with Crippen molar-refractivity contribution in [3.05, 3.63) is 58.3 Å². The molecule has 0 saturated carbocycles. The van der Waals surface area contributed by atoms with E-state index in [1.165, 1.54) is 0 Å². The number of nitrogens with zero attached hydrogens (tertiary/aromatic N) is 6. The third kappa shape index (κ3) is 7.12. The zero-order valence-corrected chi connectivity index (χ0v) is 24.7. The van der Waals surface area contributed by atoms with Crippen molar-refractivity contribution in [2.75, 3.05) is 44.2 Å². The summed E-state index contributed by atoms with van der Waals surface area (Å²) in [6, 6.07) is 9.57. The Labute approximate surface area is 254 Å². The predicted octanol–water partition coefficient (Wildman–Crippen LogP) is 4.58. The third-order valence-electron chi connectivity index (χ3n) is 8.31. The first-order valence-electron chi connectivity index (χ1n) is 14.4. The van der Waals surface area contributed by atoms with Crippen LogP contribution in [0.15, 0.2) is 42.7 Å². The molecule has 3 aliphatic rings. The standard InChI is InChI=1S/C30H34Cl2N6O4/c31-22-10-21(11-23(32)12-22)27-7-20(16-36-3-1-19(2-4-36)9-29(40)41)8-28(35-27)42-26-14-33-30(34-15-26)38-6-5-37-18-25(39)13-24(37)17-38/h7-8,10-12,14-15,19,24-25,39H,1-6,9,13,16-18H2,(H,40,41)/t24-,25-/m1/s1. The molecular formula is C30H34Cl2N6O4. The fourth-order valence-electron chi connectivity index (χ4n) is 6.25. The Morgan fingerprint density at radius 3 is 2.43 bits per heavy atom. The molecule has 6 rings (SSSR count). The second-order valence-corrected chi connectivity index (χ2v) is 12.4. The van der Waals surface area contributed by atoms with Gasteiger partial charge in [0.2, 0.25) is 11.8 Å². The summed E-state index contributed by atoms with van der Waals surface area (Å²) in [4.78, 5) is 31.8. The van der Waals surface area contributed by atoms with Gasteiger partial charge in [0.1, 0.15) is 0 Å². The van der Waals surface area contributed by atoms with Crippen molar-refractivity contribution < 1.29 is 19.7 Å². The molecule has 0 aliphatic carbocycles. The number of likely N-dealkylation sites (tertiary alicyclic amines) is 1. The van der Waals surface area contributed by atoms with Crippen LogP contribution in [0.5, 0.6) is 11.6 Å². The fraction of sp³-hybridized carbons (Fsp3) is 0.467. The van der Waals surface area contributed by atoms with Gasteiger partial charge in [0.25, 0.3) is 0 Å². The van der Waals surface area contributed by atoms with E-state index < -0.39 is 5.97 Å². The summed E-state index contributed by atoms with van der Waals surface area (Å²) < 4.78 is 6.17. The van der Waals surface area contributed by atoms with Crippen LogP contribution in [0, 0.1) is 5.92 Å². The quantitative estimate of drug-likeness (QED) is 0.374. The number of benzene rings is 1. The van der Waals surface area contributed by atoms with Gasteiger partial charge in [-0.1, -0.05) is 23.2 Å². The van der Waals surface area contributed by atoms with E-state index in [1.807, 2.05) is 24.3 Å². The number of fused-ring (bicyclic) bond motifs is 1. The number of halogens is 2. The van der Waals surface area contributed by atoms with E-state index in [2.05, 4.69) is 24.7 Å². The van der Waals surface area contributed by atoms with Crippen LogP contribution in [0.4, 0.5) is 5.95 Å². The lowest BCUT2D eigenvalue weighted by Gasteiger charge is -2.37. The summed E-state index contributed by atoms with van der Waals surface area (Å²) in [7, 11) is 0. The van der Waals surface area contributed by atoms with E-state index in [0.29, 0.717) is 45.9 Å². The van der Waals surface area contributed by atoms with Crippen LogP contribution < -0.4 is 9.64 Å². The highest BCUT2D eigenvalue weighted by atomic mass is 35.5. The molecule has 2 aromatic heterocycles. The van der Waals surface area contributed by atoms with Gasteiger partial charge < -0.3 is 19.8 Å². The molecule has 2 atom stereocenters. The van der Waals surface area contributed by atoms with Crippen LogP contribution in [0.2, 0.25) is 10.0 Å². The number of aliphatic carboxylic acids is 1. The lowest BCUT2D eigenvalue weighted by Crippen LogP contribution is -2.50. The van der Waals surface area contributed by atoms with Crippen LogP contribution in [0.25, 0.3) is 11.3 Å². The van der Waals surface area contributed by atoms with Crippen molar-refractivity contribution in [3.63, 3.8) is 0 Å². The molecule has 3 saturated heterocycles. The SMILES string of the molecule is O=C(O)CC1CCN(Cc2cc(Oc3cnc(N4CCN5C[C@H](O)C[C@@H]5C4)nc3)nc(-c3cc(Cl)cc(Cl)c3)c2)CC1. The molecule has 0 unspecified atom stereocenters. The summed E-state index contributed by atoms with van der Waals surface area (Å²) >= 11 is 12.6. The molecule has 3 aliphatic heterocycles. The van der Waals surface area contributed by atoms with Gasteiger partial charge in [-0.2, -0.15) is 0 Å². The van der Waals surface area contributed by atoms with Crippen LogP contribution in [0.1, 0.15) is 31.2 Å². The molecule has 10 nitrogen and oxygen atoms in total. The molecule has 5 heterocycles. The number of aliphatic hydroxyl groups is 1. The highest BCUT2D eigenvalue weighted by Crippen LogP contribution is 2.31. The maximum atomic E-state index is 11.1. The molecule has 2 N–H and O–H groups in total. The highest BCUT2D eigenvalue weighted by Gasteiger charge is 2.36. The molecule has 3 fully saturated rings. The van der Waals surface area contributed by atoms with Gasteiger partial charge in [0.15, 0.2) is 5.75 Å². The number of carboxylic acids is 1. The summed E-state index contributed by atoms with van der Waals surface area (Å²) in [5.41, 5.74) is 2.47. The van der Waals surface area contributed by atoms with Crippen LogP contribution in [-0.4, -0.2) is 92.3 Å². The Bertz CT molecular complexity index is 1400. The zero-order valence-electron chi connectivity index (χ0n) is 23.2. The molecule has 0 spiro atoms. The van der Waals surface area contributed by atoms with Crippen LogP contribution >= 0.6 is 23.2 Å². The molecule has 0 amide bonds. The van der Waals surface area contributed by atoms with Gasteiger partial charge in [0.05, 0.1) is 24.2 Å². The van der Waals surface area contributed by atoms with Crippen molar-refractivity contribution in [1.29, 1.82) is 0 Å². The monoisotopic (exact) mass is 612 g/mol. The van der Waals surface area contributed by atoms with E-state index in [0.717, 1.165) is 69.7 Å². The first kappa shape index (κ1) is 29.1. The number of piperazine rings is 1. The average molecular weight is 614 g/mol. The largest absolute Gasteiger partial charge is 0.481 e. The number of ether oxygens (including phenoxy) is 1. The van der Waals surface area contributed by atoms with Gasteiger partial charge >= 0.3 is 5.97 Å². The van der Waals surface area contributed by atoms with E-state index in [1.54, 1.807) is 18.5 Å². The van der Waals surface area contributed by atoms with Gasteiger partial charge in [0, 0.05) is 66.9 Å². The van der Waals surface area contributed by atoms with Crippen molar-refractivity contribution in [2.24, 2.45) is 5.92 Å². The van der Waals surface area contributed by atoms with E-state index >= 15 is 0 Å². The molecule has 42 heavy (non-hydrogen) atoms. The molecular weight excluding hydrogens is 579 g/mol. The Morgan fingerprint density at radius 2 is 1.71 bits per heavy atom. The Kier molecular flexibility index (Phi) is 8.78. The van der Waals surface area contributed by atoms with Crippen LogP contribution in [0.3, 0.4) is 0 Å². The van der Waals surface area contributed by atoms with Crippen molar-refractivity contribution >= 4 is 35.1 Å². The Balaban J connectivity index is 1.19. The van der Waals surface area contributed by atoms with Crippen molar-refractivity contribution in [3.8, 4) is 22.9 Å². The highest BCUT2D eigenvalue weighted by molar-refractivity contribution is 6.35. The molecule has 0 bridgehead atoms.